The molecule has 15 heavy (non-hydrogen) atoms. The van der Waals surface area contributed by atoms with Crippen LogP contribution in [0.1, 0.15) is 16.7 Å². The quantitative estimate of drug-likeness (QED) is 0.699. The minimum Gasteiger partial charge on any atom is -0.152 e. The van der Waals surface area contributed by atoms with Gasteiger partial charge in [-0.2, -0.15) is 11.3 Å². The van der Waals surface area contributed by atoms with Crippen LogP contribution in [0.4, 0.5) is 0 Å². The lowest BCUT2D eigenvalue weighted by atomic mass is 10.1. The number of benzene rings is 1. The van der Waals surface area contributed by atoms with E-state index in [1.807, 2.05) is 18.2 Å². The highest BCUT2D eigenvalue weighted by molar-refractivity contribution is 7.08. The van der Waals surface area contributed by atoms with Gasteiger partial charge in [0.05, 0.1) is 0 Å². The van der Waals surface area contributed by atoms with E-state index in [9.17, 15) is 0 Å². The molecular weight excluding hydrogens is 200 g/mol. The zero-order valence-electron chi connectivity index (χ0n) is 8.39. The maximum absolute atomic E-state index is 3.80. The van der Waals surface area contributed by atoms with E-state index in [1.165, 1.54) is 16.7 Å². The maximum atomic E-state index is 3.80. The minimum atomic E-state index is 1.17. The maximum Gasteiger partial charge on any atom is -0.00208 e. The van der Waals surface area contributed by atoms with Crippen LogP contribution >= 0.6 is 11.3 Å². The van der Waals surface area contributed by atoms with Gasteiger partial charge >= 0.3 is 0 Å². The highest BCUT2D eigenvalue weighted by Crippen LogP contribution is 2.15. The predicted molar refractivity (Wildman–Crippen MR) is 69.8 cm³/mol. The van der Waals surface area contributed by atoms with E-state index in [0.29, 0.717) is 0 Å². The molecular formula is C14H12S. The largest absolute Gasteiger partial charge is 0.152 e. The van der Waals surface area contributed by atoms with Gasteiger partial charge in [0, 0.05) is 0 Å². The molecule has 0 saturated heterocycles. The third kappa shape index (κ3) is 2.45. The van der Waals surface area contributed by atoms with E-state index in [4.69, 9.17) is 0 Å². The molecule has 0 amide bonds. The molecule has 1 heteroatoms. The van der Waals surface area contributed by atoms with Gasteiger partial charge in [0.15, 0.2) is 0 Å². The van der Waals surface area contributed by atoms with E-state index in [2.05, 4.69) is 47.7 Å². The van der Waals surface area contributed by atoms with Crippen LogP contribution in [-0.2, 0) is 0 Å². The Morgan fingerprint density at radius 2 is 1.80 bits per heavy atom. The fraction of sp³-hybridized carbons (Fsp3) is 0. The third-order valence-electron chi connectivity index (χ3n) is 2.21. The van der Waals surface area contributed by atoms with Crippen LogP contribution in [0.2, 0.25) is 0 Å². The Hall–Kier alpha value is -1.60. The number of hydrogen-bond acceptors (Lipinski definition) is 1. The fourth-order valence-corrected chi connectivity index (χ4v) is 2.03. The summed E-state index contributed by atoms with van der Waals surface area (Å²) in [5, 5.41) is 4.21. The van der Waals surface area contributed by atoms with E-state index in [0.717, 1.165) is 0 Å². The zero-order valence-corrected chi connectivity index (χ0v) is 9.21. The summed E-state index contributed by atoms with van der Waals surface area (Å²) < 4.78 is 0. The summed E-state index contributed by atoms with van der Waals surface area (Å²) in [6.45, 7) is 3.80. The zero-order chi connectivity index (χ0) is 10.5. The Morgan fingerprint density at radius 1 is 1.00 bits per heavy atom. The van der Waals surface area contributed by atoms with Crippen molar-refractivity contribution in [3.05, 3.63) is 64.4 Å². The van der Waals surface area contributed by atoms with Crippen LogP contribution in [0.3, 0.4) is 0 Å². The second kappa shape index (κ2) is 4.76. The van der Waals surface area contributed by atoms with Gasteiger partial charge < -0.3 is 0 Å². The Morgan fingerprint density at radius 3 is 2.47 bits per heavy atom. The monoisotopic (exact) mass is 212 g/mol. The first-order chi connectivity index (χ1) is 7.40. The molecule has 2 aromatic rings. The van der Waals surface area contributed by atoms with E-state index < -0.39 is 0 Å². The number of thiophene rings is 1. The average molecular weight is 212 g/mol. The van der Waals surface area contributed by atoms with Crippen molar-refractivity contribution in [2.45, 2.75) is 0 Å². The van der Waals surface area contributed by atoms with Crippen molar-refractivity contribution in [3.8, 4) is 0 Å². The molecule has 0 aliphatic carbocycles. The van der Waals surface area contributed by atoms with Crippen molar-refractivity contribution < 1.29 is 0 Å². The molecule has 0 nitrogen and oxygen atoms in total. The van der Waals surface area contributed by atoms with Gasteiger partial charge in [0.1, 0.15) is 0 Å². The molecule has 0 radical (unpaired) electrons. The molecule has 0 unspecified atom stereocenters. The molecule has 0 fully saturated rings. The normalized spacial score (nSPS) is 10.7. The minimum absolute atomic E-state index is 1.17. The lowest BCUT2D eigenvalue weighted by Gasteiger charge is -1.98. The van der Waals surface area contributed by atoms with Crippen molar-refractivity contribution in [1.29, 1.82) is 0 Å². The Bertz CT molecular complexity index is 464. The molecule has 0 bridgehead atoms. The van der Waals surface area contributed by atoms with Gasteiger partial charge in [-0.25, -0.2) is 0 Å². The third-order valence-corrected chi connectivity index (χ3v) is 2.92. The Kier molecular flexibility index (Phi) is 3.15. The Labute approximate surface area is 94.2 Å². The van der Waals surface area contributed by atoms with Gasteiger partial charge in [0.2, 0.25) is 0 Å². The van der Waals surface area contributed by atoms with Gasteiger partial charge in [-0.15, -0.1) is 0 Å². The summed E-state index contributed by atoms with van der Waals surface area (Å²) in [6.07, 6.45) is 6.13. The van der Waals surface area contributed by atoms with Crippen molar-refractivity contribution in [3.63, 3.8) is 0 Å². The van der Waals surface area contributed by atoms with Crippen LogP contribution in [0.25, 0.3) is 18.2 Å². The second-order valence-electron chi connectivity index (χ2n) is 3.22. The molecule has 0 N–H and O–H groups in total. The molecule has 0 aliphatic heterocycles. The van der Waals surface area contributed by atoms with Crippen LogP contribution in [0.15, 0.2) is 47.7 Å². The standard InChI is InChI=1S/C14H12S/c1-2-13-5-3-4-6-14(13)8-7-12-9-10-15-11-12/h2-11H,1H2/b8-7+. The van der Waals surface area contributed by atoms with Gasteiger partial charge in [-0.3, -0.25) is 0 Å². The molecule has 0 spiro atoms. The van der Waals surface area contributed by atoms with Crippen molar-refractivity contribution in [1.82, 2.24) is 0 Å². The van der Waals surface area contributed by atoms with Gasteiger partial charge in [-0.05, 0) is 33.5 Å². The van der Waals surface area contributed by atoms with Crippen molar-refractivity contribution in [2.75, 3.05) is 0 Å². The lowest BCUT2D eigenvalue weighted by molar-refractivity contribution is 1.62. The first-order valence-electron chi connectivity index (χ1n) is 4.82. The van der Waals surface area contributed by atoms with Crippen molar-refractivity contribution >= 4 is 29.6 Å². The summed E-state index contributed by atoms with van der Waals surface area (Å²) in [4.78, 5) is 0. The molecule has 1 aromatic heterocycles. The summed E-state index contributed by atoms with van der Waals surface area (Å²) in [6, 6.07) is 10.3. The second-order valence-corrected chi connectivity index (χ2v) is 4.00. The van der Waals surface area contributed by atoms with E-state index in [-0.39, 0.29) is 0 Å². The summed E-state index contributed by atoms with van der Waals surface area (Å²) in [5.41, 5.74) is 3.63. The smallest absolute Gasteiger partial charge is 0.00208 e. The highest BCUT2D eigenvalue weighted by Gasteiger charge is 1.93. The number of rotatable bonds is 3. The highest BCUT2D eigenvalue weighted by atomic mass is 32.1. The van der Waals surface area contributed by atoms with Crippen LogP contribution in [0, 0.1) is 0 Å². The van der Waals surface area contributed by atoms with Crippen LogP contribution in [-0.4, -0.2) is 0 Å². The molecule has 1 aromatic carbocycles. The molecule has 2 rings (SSSR count). The molecule has 0 atom stereocenters. The Balaban J connectivity index is 2.27. The SMILES string of the molecule is C=Cc1ccccc1/C=C/c1ccsc1. The van der Waals surface area contributed by atoms with Gasteiger partial charge in [0.25, 0.3) is 0 Å². The first-order valence-corrected chi connectivity index (χ1v) is 5.76. The summed E-state index contributed by atoms with van der Waals surface area (Å²) in [7, 11) is 0. The van der Waals surface area contributed by atoms with E-state index in [1.54, 1.807) is 11.3 Å². The molecule has 1 heterocycles. The summed E-state index contributed by atoms with van der Waals surface area (Å²) >= 11 is 1.71. The van der Waals surface area contributed by atoms with Crippen LogP contribution < -0.4 is 0 Å². The summed E-state index contributed by atoms with van der Waals surface area (Å²) in [5.74, 6) is 0. The molecule has 0 saturated carbocycles. The average Bonchev–Trinajstić information content (AvgIpc) is 2.79. The van der Waals surface area contributed by atoms with E-state index >= 15 is 0 Å². The van der Waals surface area contributed by atoms with Crippen LogP contribution in [0.5, 0.6) is 0 Å². The number of hydrogen-bond donors (Lipinski definition) is 0. The van der Waals surface area contributed by atoms with Crippen molar-refractivity contribution in [2.24, 2.45) is 0 Å². The molecule has 74 valence electrons. The van der Waals surface area contributed by atoms with Gasteiger partial charge in [-0.1, -0.05) is 49.1 Å². The first kappa shape index (κ1) is 9.94. The fourth-order valence-electron chi connectivity index (χ4n) is 1.40. The predicted octanol–water partition coefficient (Wildman–Crippen LogP) is 4.56. The lowest BCUT2D eigenvalue weighted by Crippen LogP contribution is -1.77. The topological polar surface area (TPSA) is 0 Å². The molecule has 0 aliphatic rings.